The second kappa shape index (κ2) is 4.54. The second-order valence-electron chi connectivity index (χ2n) is 4.41. The molecule has 3 aromatic rings. The third-order valence-corrected chi connectivity index (χ3v) is 3.34. The van der Waals surface area contributed by atoms with E-state index in [0.29, 0.717) is 32.9 Å². The Hall–Kier alpha value is -2.53. The van der Waals surface area contributed by atoms with Crippen LogP contribution < -0.4 is 11.4 Å². The van der Waals surface area contributed by atoms with Gasteiger partial charge in [0.15, 0.2) is 5.78 Å². The topological polar surface area (TPSA) is 91.7 Å². The fourth-order valence-electron chi connectivity index (χ4n) is 2.05. The Morgan fingerprint density at radius 3 is 2.60 bits per heavy atom. The Balaban J connectivity index is 2.12. The molecule has 20 heavy (non-hydrogen) atoms. The fourth-order valence-corrected chi connectivity index (χ4v) is 2.25. The van der Waals surface area contributed by atoms with Crippen molar-refractivity contribution >= 4 is 34.1 Å². The Bertz CT molecular complexity index is 880. The van der Waals surface area contributed by atoms with E-state index in [-0.39, 0.29) is 11.5 Å². The summed E-state index contributed by atoms with van der Waals surface area (Å²) in [6.07, 6.45) is 0. The molecule has 2 aromatic carbocycles. The molecule has 0 spiro atoms. The number of H-pyrrole nitrogens is 2. The van der Waals surface area contributed by atoms with Crippen molar-refractivity contribution in [2.24, 2.45) is 0 Å². The van der Waals surface area contributed by atoms with Crippen molar-refractivity contribution < 1.29 is 4.79 Å². The van der Waals surface area contributed by atoms with Gasteiger partial charge in [0.2, 0.25) is 0 Å². The third kappa shape index (κ3) is 2.08. The highest BCUT2D eigenvalue weighted by Gasteiger charge is 2.14. The van der Waals surface area contributed by atoms with Gasteiger partial charge in [-0.1, -0.05) is 11.6 Å². The summed E-state index contributed by atoms with van der Waals surface area (Å²) in [5.41, 5.74) is 7.81. The van der Waals surface area contributed by atoms with E-state index < -0.39 is 0 Å². The van der Waals surface area contributed by atoms with Crippen LogP contribution in [0.3, 0.4) is 0 Å². The van der Waals surface area contributed by atoms with Crippen LogP contribution in [0.4, 0.5) is 5.69 Å². The molecule has 0 atom stereocenters. The van der Waals surface area contributed by atoms with Crippen molar-refractivity contribution in [2.75, 3.05) is 5.73 Å². The molecule has 0 unspecified atom stereocenters. The monoisotopic (exact) mass is 287 g/mol. The number of halogens is 1. The predicted molar refractivity (Wildman–Crippen MR) is 78.2 cm³/mol. The summed E-state index contributed by atoms with van der Waals surface area (Å²) in [6, 6.07) is 9.66. The van der Waals surface area contributed by atoms with Gasteiger partial charge in [0.25, 0.3) is 0 Å². The van der Waals surface area contributed by atoms with E-state index in [1.165, 1.54) is 6.07 Å². The predicted octanol–water partition coefficient (Wildman–Crippen LogP) is 2.32. The lowest BCUT2D eigenvalue weighted by atomic mass is 10.0. The Kier molecular flexibility index (Phi) is 2.84. The fraction of sp³-hybridized carbons (Fsp3) is 0. The van der Waals surface area contributed by atoms with Gasteiger partial charge < -0.3 is 15.7 Å². The van der Waals surface area contributed by atoms with Crippen molar-refractivity contribution in [3.63, 3.8) is 0 Å². The third-order valence-electron chi connectivity index (χ3n) is 3.01. The van der Waals surface area contributed by atoms with Gasteiger partial charge >= 0.3 is 5.69 Å². The van der Waals surface area contributed by atoms with Crippen LogP contribution in [0.2, 0.25) is 5.02 Å². The molecule has 0 fully saturated rings. The molecular formula is C14H10ClN3O2. The molecule has 0 radical (unpaired) electrons. The normalized spacial score (nSPS) is 10.8. The molecule has 0 bridgehead atoms. The number of hydrogen-bond acceptors (Lipinski definition) is 3. The maximum absolute atomic E-state index is 12.4. The molecule has 6 heteroatoms. The molecule has 1 aromatic heterocycles. The van der Waals surface area contributed by atoms with Crippen LogP contribution in [0.15, 0.2) is 41.2 Å². The van der Waals surface area contributed by atoms with Crippen molar-refractivity contribution in [3.8, 4) is 0 Å². The molecule has 0 amide bonds. The number of nitrogens with one attached hydrogen (secondary N) is 2. The standard InChI is InChI=1S/C14H10ClN3O2/c15-10-3-2-8(16)6-9(10)13(19)7-1-4-11-12(5-7)18-14(20)17-11/h1-6H,16H2,(H2,17,18,20). The molecule has 3 rings (SSSR count). The summed E-state index contributed by atoms with van der Waals surface area (Å²) in [5.74, 6) is -0.244. The highest BCUT2D eigenvalue weighted by Crippen LogP contribution is 2.23. The van der Waals surface area contributed by atoms with Crippen molar-refractivity contribution in [3.05, 3.63) is 63.0 Å². The van der Waals surface area contributed by atoms with E-state index in [4.69, 9.17) is 17.3 Å². The molecule has 0 aliphatic heterocycles. The largest absolute Gasteiger partial charge is 0.399 e. The van der Waals surface area contributed by atoms with Gasteiger partial charge in [0, 0.05) is 16.8 Å². The zero-order valence-electron chi connectivity index (χ0n) is 10.2. The first-order chi connectivity index (χ1) is 9.54. The smallest absolute Gasteiger partial charge is 0.323 e. The van der Waals surface area contributed by atoms with E-state index in [9.17, 15) is 9.59 Å². The minimum absolute atomic E-state index is 0.244. The number of rotatable bonds is 2. The van der Waals surface area contributed by atoms with Crippen LogP contribution in [0.1, 0.15) is 15.9 Å². The number of aromatic amines is 2. The van der Waals surface area contributed by atoms with E-state index in [0.717, 1.165) is 0 Å². The number of fused-ring (bicyclic) bond motifs is 1. The maximum atomic E-state index is 12.4. The number of nitrogens with two attached hydrogens (primary N) is 1. The summed E-state index contributed by atoms with van der Waals surface area (Å²) in [7, 11) is 0. The Morgan fingerprint density at radius 1 is 1.05 bits per heavy atom. The van der Waals surface area contributed by atoms with Gasteiger partial charge in [-0.2, -0.15) is 0 Å². The van der Waals surface area contributed by atoms with Crippen LogP contribution in [0, 0.1) is 0 Å². The first-order valence-electron chi connectivity index (χ1n) is 5.86. The molecule has 4 N–H and O–H groups in total. The van der Waals surface area contributed by atoms with Gasteiger partial charge in [-0.25, -0.2) is 4.79 Å². The molecular weight excluding hydrogens is 278 g/mol. The number of anilines is 1. The molecule has 100 valence electrons. The lowest BCUT2D eigenvalue weighted by molar-refractivity contribution is 0.103. The van der Waals surface area contributed by atoms with Crippen LogP contribution in [0.25, 0.3) is 11.0 Å². The first kappa shape index (κ1) is 12.5. The number of carbonyl (C=O) groups is 1. The number of benzene rings is 2. The number of imidazole rings is 1. The molecule has 0 aliphatic rings. The number of aromatic nitrogens is 2. The van der Waals surface area contributed by atoms with E-state index in [1.807, 2.05) is 0 Å². The Labute approximate surface area is 118 Å². The minimum atomic E-state index is -0.313. The Morgan fingerprint density at radius 2 is 1.80 bits per heavy atom. The van der Waals surface area contributed by atoms with E-state index in [1.54, 1.807) is 30.3 Å². The second-order valence-corrected chi connectivity index (χ2v) is 4.82. The van der Waals surface area contributed by atoms with Gasteiger partial charge in [0.05, 0.1) is 16.1 Å². The molecule has 5 nitrogen and oxygen atoms in total. The summed E-state index contributed by atoms with van der Waals surface area (Å²) in [4.78, 5) is 28.9. The lowest BCUT2D eigenvalue weighted by Crippen LogP contribution is -2.03. The number of ketones is 1. The summed E-state index contributed by atoms with van der Waals surface area (Å²) >= 11 is 6.02. The molecule has 0 aliphatic carbocycles. The highest BCUT2D eigenvalue weighted by atomic mass is 35.5. The maximum Gasteiger partial charge on any atom is 0.323 e. The van der Waals surface area contributed by atoms with Crippen LogP contribution >= 0.6 is 11.6 Å². The van der Waals surface area contributed by atoms with Crippen molar-refractivity contribution in [1.29, 1.82) is 0 Å². The van der Waals surface area contributed by atoms with Gasteiger partial charge in [-0.15, -0.1) is 0 Å². The number of nitrogen functional groups attached to an aromatic ring is 1. The average molecular weight is 288 g/mol. The van der Waals surface area contributed by atoms with Crippen LogP contribution in [0.5, 0.6) is 0 Å². The van der Waals surface area contributed by atoms with Crippen LogP contribution in [-0.4, -0.2) is 15.8 Å². The van der Waals surface area contributed by atoms with Crippen molar-refractivity contribution in [2.45, 2.75) is 0 Å². The summed E-state index contributed by atoms with van der Waals surface area (Å²) in [6.45, 7) is 0. The summed E-state index contributed by atoms with van der Waals surface area (Å²) in [5, 5.41) is 0.340. The lowest BCUT2D eigenvalue weighted by Gasteiger charge is -2.05. The zero-order valence-corrected chi connectivity index (χ0v) is 11.0. The molecule has 0 saturated carbocycles. The first-order valence-corrected chi connectivity index (χ1v) is 6.24. The zero-order chi connectivity index (χ0) is 14.3. The highest BCUT2D eigenvalue weighted by molar-refractivity contribution is 6.35. The van der Waals surface area contributed by atoms with E-state index in [2.05, 4.69) is 9.97 Å². The SMILES string of the molecule is Nc1ccc(Cl)c(C(=O)c2ccc3[nH]c(=O)[nH]c3c2)c1. The van der Waals surface area contributed by atoms with Gasteiger partial charge in [-0.05, 0) is 36.4 Å². The molecule has 0 saturated heterocycles. The van der Waals surface area contributed by atoms with E-state index >= 15 is 0 Å². The minimum Gasteiger partial charge on any atom is -0.399 e. The quantitative estimate of drug-likeness (QED) is 0.499. The van der Waals surface area contributed by atoms with Crippen molar-refractivity contribution in [1.82, 2.24) is 9.97 Å². The molecule has 1 heterocycles. The van der Waals surface area contributed by atoms with Gasteiger partial charge in [-0.3, -0.25) is 4.79 Å². The van der Waals surface area contributed by atoms with Crippen LogP contribution in [-0.2, 0) is 0 Å². The number of hydrogen-bond donors (Lipinski definition) is 3. The summed E-state index contributed by atoms with van der Waals surface area (Å²) < 4.78 is 0. The number of carbonyl (C=O) groups excluding carboxylic acids is 1. The average Bonchev–Trinajstić information content (AvgIpc) is 2.79. The van der Waals surface area contributed by atoms with Gasteiger partial charge in [0.1, 0.15) is 0 Å².